The minimum absolute atomic E-state index is 0.304. The van der Waals surface area contributed by atoms with Gasteiger partial charge in [0.1, 0.15) is 0 Å². The van der Waals surface area contributed by atoms with Gasteiger partial charge in [-0.2, -0.15) is 0 Å². The first-order chi connectivity index (χ1) is 9.79. The third-order valence-electron chi connectivity index (χ3n) is 3.12. The van der Waals surface area contributed by atoms with Gasteiger partial charge in [-0.25, -0.2) is 18.1 Å². The molecule has 114 valence electrons. The average Bonchev–Trinajstić information content (AvgIpc) is 2.72. The molecule has 0 bridgehead atoms. The smallest absolute Gasteiger partial charge is 0.241 e. The third kappa shape index (κ3) is 3.81. The van der Waals surface area contributed by atoms with E-state index in [9.17, 15) is 8.42 Å². The lowest BCUT2D eigenvalue weighted by atomic mass is 10.1. The summed E-state index contributed by atoms with van der Waals surface area (Å²) in [5.74, 6) is 0. The van der Waals surface area contributed by atoms with Crippen LogP contribution in [0.1, 0.15) is 22.4 Å². The maximum absolute atomic E-state index is 12.4. The summed E-state index contributed by atoms with van der Waals surface area (Å²) in [5, 5.41) is 2.34. The number of nitrogens with two attached hydrogens (primary N) is 1. The Morgan fingerprint density at radius 1 is 1.24 bits per heavy atom. The largest absolute Gasteiger partial charge is 0.375 e. The van der Waals surface area contributed by atoms with Gasteiger partial charge in [-0.3, -0.25) is 0 Å². The van der Waals surface area contributed by atoms with Gasteiger partial charge < -0.3 is 5.73 Å². The van der Waals surface area contributed by atoms with Gasteiger partial charge >= 0.3 is 0 Å². The number of sulfonamides is 1. The number of nitrogens with zero attached hydrogens (tertiary/aromatic N) is 1. The summed E-state index contributed by atoms with van der Waals surface area (Å²) in [6.45, 7) is 5.89. The first-order valence-corrected chi connectivity index (χ1v) is 8.93. The van der Waals surface area contributed by atoms with E-state index in [1.54, 1.807) is 0 Å². The molecule has 0 aliphatic rings. The van der Waals surface area contributed by atoms with E-state index in [2.05, 4.69) is 9.71 Å². The standard InChI is InChI=1S/C14H19N3O2S2/c1-9-6-10(2)13(11(3)7-9)21(18,19)16-5-4-12-8-20-14(15)17-12/h6-8,16H,4-5H2,1-3H3,(H2,15,17). The molecule has 0 fully saturated rings. The van der Waals surface area contributed by atoms with Crippen molar-refractivity contribution in [2.24, 2.45) is 0 Å². The van der Waals surface area contributed by atoms with E-state index in [1.165, 1.54) is 11.3 Å². The van der Waals surface area contributed by atoms with Crippen molar-refractivity contribution in [1.82, 2.24) is 9.71 Å². The lowest BCUT2D eigenvalue weighted by Crippen LogP contribution is -2.27. The Kier molecular flexibility index (Phi) is 4.65. The van der Waals surface area contributed by atoms with Crippen molar-refractivity contribution in [3.05, 3.63) is 39.9 Å². The fourth-order valence-electron chi connectivity index (χ4n) is 2.41. The molecule has 2 aromatic rings. The monoisotopic (exact) mass is 325 g/mol. The molecule has 1 aromatic carbocycles. The summed E-state index contributed by atoms with van der Waals surface area (Å²) in [5.41, 5.74) is 8.93. The fraction of sp³-hybridized carbons (Fsp3) is 0.357. The number of hydrogen-bond donors (Lipinski definition) is 2. The van der Waals surface area contributed by atoms with Gasteiger partial charge in [0.2, 0.25) is 10.0 Å². The molecule has 0 saturated carbocycles. The van der Waals surface area contributed by atoms with E-state index >= 15 is 0 Å². The second-order valence-electron chi connectivity index (χ2n) is 5.05. The van der Waals surface area contributed by atoms with E-state index in [0.717, 1.165) is 22.4 Å². The predicted octanol–water partition coefficient (Wildman–Crippen LogP) is 2.17. The average molecular weight is 325 g/mol. The SMILES string of the molecule is Cc1cc(C)c(S(=O)(=O)NCCc2csc(N)n2)c(C)c1. The summed E-state index contributed by atoms with van der Waals surface area (Å²) >= 11 is 1.35. The molecule has 0 aliphatic carbocycles. The molecular weight excluding hydrogens is 306 g/mol. The molecule has 0 aliphatic heterocycles. The number of aryl methyl sites for hydroxylation is 3. The predicted molar refractivity (Wildman–Crippen MR) is 86.1 cm³/mol. The summed E-state index contributed by atoms with van der Waals surface area (Å²) in [6.07, 6.45) is 0.525. The number of hydrogen-bond acceptors (Lipinski definition) is 5. The van der Waals surface area contributed by atoms with Crippen LogP contribution in [0.4, 0.5) is 5.13 Å². The number of aromatic nitrogens is 1. The molecule has 3 N–H and O–H groups in total. The van der Waals surface area contributed by atoms with Gasteiger partial charge in [0.05, 0.1) is 10.6 Å². The molecule has 0 amide bonds. The van der Waals surface area contributed by atoms with E-state index in [0.29, 0.717) is 23.0 Å². The summed E-state index contributed by atoms with van der Waals surface area (Å²) in [4.78, 5) is 4.48. The van der Waals surface area contributed by atoms with Gasteiger partial charge in [-0.05, 0) is 31.9 Å². The van der Waals surface area contributed by atoms with Crippen LogP contribution in [0.15, 0.2) is 22.4 Å². The first kappa shape index (κ1) is 15.9. The van der Waals surface area contributed by atoms with E-state index in [1.807, 2.05) is 38.3 Å². The second kappa shape index (κ2) is 6.13. The van der Waals surface area contributed by atoms with Crippen LogP contribution in [-0.2, 0) is 16.4 Å². The molecule has 7 heteroatoms. The van der Waals surface area contributed by atoms with Crippen LogP contribution in [-0.4, -0.2) is 19.9 Å². The normalized spacial score (nSPS) is 11.8. The van der Waals surface area contributed by atoms with Crippen LogP contribution in [0.5, 0.6) is 0 Å². The van der Waals surface area contributed by atoms with Crippen LogP contribution < -0.4 is 10.5 Å². The summed E-state index contributed by atoms with van der Waals surface area (Å²) < 4.78 is 27.5. The number of benzene rings is 1. The highest BCUT2D eigenvalue weighted by Crippen LogP contribution is 2.21. The van der Waals surface area contributed by atoms with Gasteiger partial charge in [0, 0.05) is 18.3 Å². The molecule has 1 heterocycles. The number of anilines is 1. The van der Waals surface area contributed by atoms with Crippen molar-refractivity contribution in [2.75, 3.05) is 12.3 Å². The lowest BCUT2D eigenvalue weighted by Gasteiger charge is -2.12. The Labute approximate surface area is 129 Å². The second-order valence-corrected chi connectivity index (χ2v) is 7.65. The molecular formula is C14H19N3O2S2. The minimum atomic E-state index is -3.51. The summed E-state index contributed by atoms with van der Waals surface area (Å²) in [7, 11) is -3.51. The van der Waals surface area contributed by atoms with E-state index < -0.39 is 10.0 Å². The zero-order chi connectivity index (χ0) is 15.6. The molecule has 1 aromatic heterocycles. The minimum Gasteiger partial charge on any atom is -0.375 e. The van der Waals surface area contributed by atoms with Crippen LogP contribution >= 0.6 is 11.3 Å². The Morgan fingerprint density at radius 2 is 1.86 bits per heavy atom. The number of nitrogens with one attached hydrogen (secondary N) is 1. The van der Waals surface area contributed by atoms with Gasteiger partial charge in [0.25, 0.3) is 0 Å². The van der Waals surface area contributed by atoms with Gasteiger partial charge in [-0.1, -0.05) is 17.7 Å². The molecule has 0 spiro atoms. The third-order valence-corrected chi connectivity index (χ3v) is 5.60. The van der Waals surface area contributed by atoms with E-state index in [-0.39, 0.29) is 0 Å². The molecule has 0 atom stereocenters. The van der Waals surface area contributed by atoms with Crippen LogP contribution in [0.2, 0.25) is 0 Å². The number of thiazole rings is 1. The van der Waals surface area contributed by atoms with Crippen molar-refractivity contribution in [1.29, 1.82) is 0 Å². The zero-order valence-corrected chi connectivity index (χ0v) is 13.9. The van der Waals surface area contributed by atoms with Crippen LogP contribution in [0.25, 0.3) is 0 Å². The van der Waals surface area contributed by atoms with Crippen LogP contribution in [0, 0.1) is 20.8 Å². The summed E-state index contributed by atoms with van der Waals surface area (Å²) in [6, 6.07) is 3.76. The highest BCUT2D eigenvalue weighted by atomic mass is 32.2. The van der Waals surface area contributed by atoms with Crippen molar-refractivity contribution < 1.29 is 8.42 Å². The van der Waals surface area contributed by atoms with E-state index in [4.69, 9.17) is 5.73 Å². The maximum Gasteiger partial charge on any atom is 0.241 e. The molecule has 2 rings (SSSR count). The van der Waals surface area contributed by atoms with Crippen molar-refractivity contribution in [3.63, 3.8) is 0 Å². The Bertz CT molecular complexity index is 728. The van der Waals surface area contributed by atoms with Gasteiger partial charge in [0.15, 0.2) is 5.13 Å². The molecule has 0 saturated heterocycles. The number of rotatable bonds is 5. The van der Waals surface area contributed by atoms with Crippen LogP contribution in [0.3, 0.4) is 0 Å². The fourth-order valence-corrected chi connectivity index (χ4v) is 4.49. The Hall–Kier alpha value is -1.44. The first-order valence-electron chi connectivity index (χ1n) is 6.57. The van der Waals surface area contributed by atoms with Gasteiger partial charge in [-0.15, -0.1) is 11.3 Å². The highest BCUT2D eigenvalue weighted by molar-refractivity contribution is 7.89. The Balaban J connectivity index is 2.12. The zero-order valence-electron chi connectivity index (χ0n) is 12.3. The number of nitrogen functional groups attached to an aromatic ring is 1. The van der Waals surface area contributed by atoms with Crippen molar-refractivity contribution in [2.45, 2.75) is 32.1 Å². The maximum atomic E-state index is 12.4. The topological polar surface area (TPSA) is 85.1 Å². The molecule has 21 heavy (non-hydrogen) atoms. The quantitative estimate of drug-likeness (QED) is 0.882. The highest BCUT2D eigenvalue weighted by Gasteiger charge is 2.19. The molecule has 0 radical (unpaired) electrons. The molecule has 5 nitrogen and oxygen atoms in total. The Morgan fingerprint density at radius 3 is 2.38 bits per heavy atom. The molecule has 0 unspecified atom stereocenters. The lowest BCUT2D eigenvalue weighted by molar-refractivity contribution is 0.580. The van der Waals surface area contributed by atoms with Crippen molar-refractivity contribution >= 4 is 26.5 Å². The van der Waals surface area contributed by atoms with Crippen molar-refractivity contribution in [3.8, 4) is 0 Å².